The van der Waals surface area contributed by atoms with Crippen LogP contribution in [0.1, 0.15) is 41.9 Å². The van der Waals surface area contributed by atoms with Gasteiger partial charge in [0.05, 0.1) is 11.4 Å². The quantitative estimate of drug-likeness (QED) is 0.877. The number of phenols is 1. The predicted molar refractivity (Wildman–Crippen MR) is 70.3 cm³/mol. The molecule has 4 heteroatoms. The average Bonchev–Trinajstić information content (AvgIpc) is 3.08. The van der Waals surface area contributed by atoms with Crippen LogP contribution < -0.4 is 0 Å². The maximum atomic E-state index is 11.0. The number of carboxylic acid groups (broad SMARTS) is 1. The average molecular weight is 269 g/mol. The van der Waals surface area contributed by atoms with Crippen LogP contribution in [0.25, 0.3) is 0 Å². The molecule has 0 saturated heterocycles. The van der Waals surface area contributed by atoms with Crippen LogP contribution >= 0.6 is 11.6 Å². The Morgan fingerprint density at radius 2 is 2.11 bits per heavy atom. The summed E-state index contributed by atoms with van der Waals surface area (Å²) >= 11 is 6.06. The summed E-state index contributed by atoms with van der Waals surface area (Å²) in [5.74, 6) is -0.255. The monoisotopic (exact) mass is 268 g/mol. The van der Waals surface area contributed by atoms with E-state index in [0.717, 1.165) is 29.5 Å². The number of carbonyl (C=O) groups is 1. The number of benzene rings is 1. The van der Waals surface area contributed by atoms with Crippen molar-refractivity contribution in [1.82, 2.24) is 0 Å². The zero-order chi connectivity index (χ0) is 13.4. The third-order valence-corrected chi connectivity index (χ3v) is 4.17. The lowest BCUT2D eigenvalue weighted by Gasteiger charge is -2.21. The van der Waals surface area contributed by atoms with E-state index in [-0.39, 0.29) is 18.1 Å². The first-order valence-corrected chi connectivity index (χ1v) is 6.50. The second-order valence-electron chi connectivity index (χ2n) is 5.11. The smallest absolute Gasteiger partial charge is 0.303 e. The van der Waals surface area contributed by atoms with Crippen molar-refractivity contribution in [2.75, 3.05) is 0 Å². The van der Waals surface area contributed by atoms with Gasteiger partial charge >= 0.3 is 5.97 Å². The van der Waals surface area contributed by atoms with Gasteiger partial charge in [0.25, 0.3) is 0 Å². The number of carboxylic acids is 1. The molecule has 98 valence electrons. The minimum atomic E-state index is -0.783. The molecule has 1 atom stereocenters. The molecule has 1 aliphatic rings. The van der Waals surface area contributed by atoms with Crippen molar-refractivity contribution in [1.29, 1.82) is 0 Å². The van der Waals surface area contributed by atoms with Crippen LogP contribution in [-0.2, 0) is 4.79 Å². The van der Waals surface area contributed by atoms with E-state index in [2.05, 4.69) is 0 Å². The summed E-state index contributed by atoms with van der Waals surface area (Å²) in [5.41, 5.74) is 2.74. The van der Waals surface area contributed by atoms with Gasteiger partial charge in [-0.25, -0.2) is 0 Å². The fraction of sp³-hybridized carbons (Fsp3) is 0.500. The first kappa shape index (κ1) is 13.2. The lowest BCUT2D eigenvalue weighted by molar-refractivity contribution is -0.137. The van der Waals surface area contributed by atoms with Gasteiger partial charge in [-0.15, -0.1) is 0 Å². The van der Waals surface area contributed by atoms with Gasteiger partial charge in [0.1, 0.15) is 5.75 Å². The summed E-state index contributed by atoms with van der Waals surface area (Å²) in [6, 6.07) is 1.63. The maximum absolute atomic E-state index is 11.0. The Kier molecular flexibility index (Phi) is 3.53. The van der Waals surface area contributed by atoms with E-state index in [1.54, 1.807) is 6.07 Å². The molecular formula is C14H17ClO3. The van der Waals surface area contributed by atoms with E-state index in [0.29, 0.717) is 10.9 Å². The number of halogens is 1. The molecule has 0 aliphatic heterocycles. The summed E-state index contributed by atoms with van der Waals surface area (Å²) in [6.07, 6.45) is 2.29. The molecule has 1 aromatic carbocycles. The largest absolute Gasteiger partial charge is 0.506 e. The third-order valence-electron chi connectivity index (χ3n) is 3.69. The number of hydrogen-bond donors (Lipinski definition) is 2. The van der Waals surface area contributed by atoms with Crippen LogP contribution in [-0.4, -0.2) is 16.2 Å². The minimum absolute atomic E-state index is 0.0144. The minimum Gasteiger partial charge on any atom is -0.506 e. The van der Waals surface area contributed by atoms with Gasteiger partial charge in [0, 0.05) is 0 Å². The van der Waals surface area contributed by atoms with Crippen molar-refractivity contribution < 1.29 is 15.0 Å². The number of aromatic hydroxyl groups is 1. The van der Waals surface area contributed by atoms with Crippen molar-refractivity contribution in [3.8, 4) is 5.75 Å². The van der Waals surface area contributed by atoms with Crippen molar-refractivity contribution in [3.05, 3.63) is 27.8 Å². The zero-order valence-corrected chi connectivity index (χ0v) is 11.3. The van der Waals surface area contributed by atoms with Crippen molar-refractivity contribution in [2.24, 2.45) is 5.92 Å². The molecular weight excluding hydrogens is 252 g/mol. The molecule has 0 radical (unpaired) electrons. The first-order valence-electron chi connectivity index (χ1n) is 6.12. The molecule has 0 amide bonds. The molecule has 1 aromatic rings. The molecule has 1 aliphatic carbocycles. The molecule has 1 unspecified atom stereocenters. The van der Waals surface area contributed by atoms with Crippen LogP contribution in [0.2, 0.25) is 5.02 Å². The van der Waals surface area contributed by atoms with E-state index in [9.17, 15) is 9.90 Å². The van der Waals surface area contributed by atoms with Crippen LogP contribution in [0, 0.1) is 19.8 Å². The maximum Gasteiger partial charge on any atom is 0.303 e. The highest BCUT2D eigenvalue weighted by atomic mass is 35.5. The highest BCUT2D eigenvalue weighted by Crippen LogP contribution is 2.48. The number of hydrogen-bond acceptors (Lipinski definition) is 2. The number of aliphatic carboxylic acids is 1. The Bertz CT molecular complexity index is 492. The molecule has 18 heavy (non-hydrogen) atoms. The van der Waals surface area contributed by atoms with Gasteiger partial charge in [-0.05, 0) is 61.3 Å². The van der Waals surface area contributed by atoms with Gasteiger partial charge in [0.15, 0.2) is 0 Å². The Hall–Kier alpha value is -1.22. The highest BCUT2D eigenvalue weighted by Gasteiger charge is 2.35. The highest BCUT2D eigenvalue weighted by molar-refractivity contribution is 6.32. The van der Waals surface area contributed by atoms with E-state index in [4.69, 9.17) is 16.7 Å². The van der Waals surface area contributed by atoms with E-state index >= 15 is 0 Å². The number of rotatable bonds is 4. The van der Waals surface area contributed by atoms with Crippen molar-refractivity contribution in [2.45, 2.75) is 39.0 Å². The molecule has 0 spiro atoms. The zero-order valence-electron chi connectivity index (χ0n) is 10.5. The summed E-state index contributed by atoms with van der Waals surface area (Å²) in [6.45, 7) is 3.75. The Labute approximate surface area is 111 Å². The molecule has 2 N–H and O–H groups in total. The van der Waals surface area contributed by atoms with Gasteiger partial charge in [0.2, 0.25) is 0 Å². The molecule has 2 rings (SSSR count). The normalized spacial score (nSPS) is 16.6. The Morgan fingerprint density at radius 1 is 1.50 bits per heavy atom. The van der Waals surface area contributed by atoms with E-state index in [1.807, 2.05) is 13.8 Å². The second-order valence-corrected chi connectivity index (χ2v) is 5.48. The van der Waals surface area contributed by atoms with Crippen molar-refractivity contribution in [3.63, 3.8) is 0 Å². The lowest BCUT2D eigenvalue weighted by atomic mass is 9.85. The van der Waals surface area contributed by atoms with Gasteiger partial charge in [-0.1, -0.05) is 11.6 Å². The molecule has 0 heterocycles. The molecule has 3 nitrogen and oxygen atoms in total. The van der Waals surface area contributed by atoms with Crippen molar-refractivity contribution >= 4 is 17.6 Å². The standard InChI is InChI=1S/C14H17ClO3/c1-7-5-11(16)14(15)8(2)13(7)10(6-12(17)18)9-3-4-9/h5,9-10,16H,3-4,6H2,1-2H3,(H,17,18). The third kappa shape index (κ3) is 2.46. The summed E-state index contributed by atoms with van der Waals surface area (Å²) in [4.78, 5) is 11.0. The fourth-order valence-corrected chi connectivity index (χ4v) is 2.87. The van der Waals surface area contributed by atoms with Gasteiger partial charge in [-0.2, -0.15) is 0 Å². The summed E-state index contributed by atoms with van der Waals surface area (Å²) in [7, 11) is 0. The van der Waals surface area contributed by atoms with Crippen LogP contribution in [0.3, 0.4) is 0 Å². The second kappa shape index (κ2) is 4.81. The van der Waals surface area contributed by atoms with E-state index < -0.39 is 5.97 Å². The van der Waals surface area contributed by atoms with E-state index in [1.165, 1.54) is 0 Å². The summed E-state index contributed by atoms with van der Waals surface area (Å²) in [5, 5.41) is 19.1. The number of aryl methyl sites for hydroxylation is 1. The SMILES string of the molecule is Cc1cc(O)c(Cl)c(C)c1C(CC(=O)O)C1CC1. The predicted octanol–water partition coefficient (Wildman–Crippen LogP) is 3.63. The Balaban J connectivity index is 2.47. The molecule has 0 aromatic heterocycles. The van der Waals surface area contributed by atoms with Crippen LogP contribution in [0.15, 0.2) is 6.07 Å². The Morgan fingerprint density at radius 3 is 2.61 bits per heavy atom. The number of phenolic OH excluding ortho intramolecular Hbond substituents is 1. The lowest BCUT2D eigenvalue weighted by Crippen LogP contribution is -2.11. The fourth-order valence-electron chi connectivity index (χ4n) is 2.71. The van der Waals surface area contributed by atoms with Crippen LogP contribution in [0.4, 0.5) is 0 Å². The topological polar surface area (TPSA) is 57.5 Å². The van der Waals surface area contributed by atoms with Crippen LogP contribution in [0.5, 0.6) is 5.75 Å². The van der Waals surface area contributed by atoms with Gasteiger partial charge < -0.3 is 10.2 Å². The molecule has 0 bridgehead atoms. The summed E-state index contributed by atoms with van der Waals surface area (Å²) < 4.78 is 0. The first-order chi connectivity index (χ1) is 8.41. The van der Waals surface area contributed by atoms with Gasteiger partial charge in [-0.3, -0.25) is 4.79 Å². The molecule has 1 fully saturated rings. The molecule has 1 saturated carbocycles.